The molecule has 0 atom stereocenters. The molecule has 0 amide bonds. The average molecular weight is 282 g/mol. The number of alkyl halides is 3. The molecule has 0 aromatic rings. The number of carboxylic acid groups (broad SMARTS) is 1. The summed E-state index contributed by atoms with van der Waals surface area (Å²) in [6, 6.07) is 0. The molecular weight excluding hydrogens is 261 g/mol. The second-order valence-electron chi connectivity index (χ2n) is 5.54. The van der Waals surface area contributed by atoms with Crippen LogP contribution in [0, 0.1) is 11.3 Å². The largest absolute Gasteiger partial charge is 0.481 e. The van der Waals surface area contributed by atoms with Gasteiger partial charge in [0.2, 0.25) is 0 Å². The molecule has 1 aliphatic rings. The van der Waals surface area contributed by atoms with E-state index in [0.717, 1.165) is 12.8 Å². The van der Waals surface area contributed by atoms with Gasteiger partial charge in [-0.3, -0.25) is 4.79 Å². The summed E-state index contributed by atoms with van der Waals surface area (Å²) in [5.41, 5.74) is -0.756. The van der Waals surface area contributed by atoms with Gasteiger partial charge in [-0.05, 0) is 44.4 Å². The van der Waals surface area contributed by atoms with Crippen LogP contribution in [0.3, 0.4) is 0 Å². The molecule has 112 valence electrons. The Labute approximate surface area is 111 Å². The van der Waals surface area contributed by atoms with Gasteiger partial charge in [-0.2, -0.15) is 13.2 Å². The molecule has 0 heterocycles. The van der Waals surface area contributed by atoms with Crippen LogP contribution in [-0.4, -0.2) is 30.5 Å². The highest BCUT2D eigenvalue weighted by atomic mass is 19.4. The van der Waals surface area contributed by atoms with E-state index in [1.807, 2.05) is 0 Å². The standard InChI is InChI=1S/C13H21F3O3/c1-10-3-6-12(7-4-10,11(17)18)5-2-8-19-9-13(14,15)16/h10H,2-9H2,1H3,(H,17,18). The maximum absolute atomic E-state index is 11.9. The molecule has 0 aromatic heterocycles. The van der Waals surface area contributed by atoms with Gasteiger partial charge < -0.3 is 9.84 Å². The van der Waals surface area contributed by atoms with E-state index in [0.29, 0.717) is 31.6 Å². The van der Waals surface area contributed by atoms with Crippen LogP contribution in [0.15, 0.2) is 0 Å². The third kappa shape index (κ3) is 5.38. The van der Waals surface area contributed by atoms with E-state index in [1.165, 1.54) is 0 Å². The Kier molecular flexibility index (Phi) is 5.64. The first-order chi connectivity index (χ1) is 8.75. The van der Waals surface area contributed by atoms with E-state index in [2.05, 4.69) is 11.7 Å². The van der Waals surface area contributed by atoms with Crippen molar-refractivity contribution in [1.29, 1.82) is 0 Å². The summed E-state index contributed by atoms with van der Waals surface area (Å²) >= 11 is 0. The number of hydrogen-bond acceptors (Lipinski definition) is 2. The zero-order valence-corrected chi connectivity index (χ0v) is 11.1. The summed E-state index contributed by atoms with van der Waals surface area (Å²) in [6.07, 6.45) is -0.592. The predicted octanol–water partition coefficient (Wildman–Crippen LogP) is 3.63. The summed E-state index contributed by atoms with van der Waals surface area (Å²) in [6.45, 7) is 0.798. The Morgan fingerprint density at radius 3 is 2.42 bits per heavy atom. The van der Waals surface area contributed by atoms with E-state index in [9.17, 15) is 23.1 Å². The number of carboxylic acids is 1. The zero-order chi connectivity index (χ0) is 14.5. The van der Waals surface area contributed by atoms with Gasteiger partial charge in [0.15, 0.2) is 0 Å². The number of carbonyl (C=O) groups is 1. The molecular formula is C13H21F3O3. The third-order valence-electron chi connectivity index (χ3n) is 3.89. The SMILES string of the molecule is CC1CCC(CCCOCC(F)(F)F)(C(=O)O)CC1. The van der Waals surface area contributed by atoms with Gasteiger partial charge in [0.25, 0.3) is 0 Å². The minimum Gasteiger partial charge on any atom is -0.481 e. The summed E-state index contributed by atoms with van der Waals surface area (Å²) in [7, 11) is 0. The molecule has 0 radical (unpaired) electrons. The summed E-state index contributed by atoms with van der Waals surface area (Å²) in [4.78, 5) is 11.4. The van der Waals surface area contributed by atoms with E-state index < -0.39 is 24.2 Å². The van der Waals surface area contributed by atoms with Crippen LogP contribution in [0.4, 0.5) is 13.2 Å². The van der Waals surface area contributed by atoms with Gasteiger partial charge in [-0.15, -0.1) is 0 Å². The fourth-order valence-corrected chi connectivity index (χ4v) is 2.59. The highest BCUT2D eigenvalue weighted by Crippen LogP contribution is 2.42. The Morgan fingerprint density at radius 1 is 1.37 bits per heavy atom. The van der Waals surface area contributed by atoms with Gasteiger partial charge in [0.05, 0.1) is 5.41 Å². The van der Waals surface area contributed by atoms with Crippen LogP contribution < -0.4 is 0 Å². The van der Waals surface area contributed by atoms with Crippen LogP contribution in [0.5, 0.6) is 0 Å². The lowest BCUT2D eigenvalue weighted by atomic mass is 9.68. The second kappa shape index (κ2) is 6.59. The molecule has 1 N–H and O–H groups in total. The molecule has 1 saturated carbocycles. The molecule has 1 rings (SSSR count). The number of ether oxygens (including phenoxy) is 1. The molecule has 0 aliphatic heterocycles. The molecule has 1 fully saturated rings. The predicted molar refractivity (Wildman–Crippen MR) is 63.8 cm³/mol. The fraction of sp³-hybridized carbons (Fsp3) is 0.923. The maximum Gasteiger partial charge on any atom is 0.411 e. The van der Waals surface area contributed by atoms with Crippen molar-refractivity contribution in [3.8, 4) is 0 Å². The molecule has 0 unspecified atom stereocenters. The summed E-state index contributed by atoms with van der Waals surface area (Å²) in [5.74, 6) is -0.288. The molecule has 1 aliphatic carbocycles. The molecule has 0 saturated heterocycles. The normalized spacial score (nSPS) is 28.3. The Hall–Kier alpha value is -0.780. The lowest BCUT2D eigenvalue weighted by Gasteiger charge is -2.35. The van der Waals surface area contributed by atoms with Crippen molar-refractivity contribution < 1.29 is 27.8 Å². The molecule has 19 heavy (non-hydrogen) atoms. The molecule has 0 aromatic carbocycles. The lowest BCUT2D eigenvalue weighted by molar-refractivity contribution is -0.175. The quantitative estimate of drug-likeness (QED) is 0.757. The van der Waals surface area contributed by atoms with Gasteiger partial charge in [-0.1, -0.05) is 6.92 Å². The van der Waals surface area contributed by atoms with Gasteiger partial charge in [0, 0.05) is 6.61 Å². The number of hydrogen-bond donors (Lipinski definition) is 1. The third-order valence-corrected chi connectivity index (χ3v) is 3.89. The van der Waals surface area contributed by atoms with Crippen LogP contribution in [-0.2, 0) is 9.53 Å². The molecule has 0 spiro atoms. The first-order valence-corrected chi connectivity index (χ1v) is 6.63. The van der Waals surface area contributed by atoms with Crippen LogP contribution in [0.1, 0.15) is 45.4 Å². The molecule has 0 bridgehead atoms. The number of halogens is 3. The van der Waals surface area contributed by atoms with Crippen molar-refractivity contribution in [3.63, 3.8) is 0 Å². The first kappa shape index (κ1) is 16.3. The van der Waals surface area contributed by atoms with Gasteiger partial charge in [0.1, 0.15) is 6.61 Å². The minimum atomic E-state index is -4.31. The number of aliphatic carboxylic acids is 1. The topological polar surface area (TPSA) is 46.5 Å². The monoisotopic (exact) mass is 282 g/mol. The summed E-state index contributed by atoms with van der Waals surface area (Å²) < 4.78 is 40.1. The van der Waals surface area contributed by atoms with Crippen molar-refractivity contribution in [2.45, 2.75) is 51.6 Å². The second-order valence-corrected chi connectivity index (χ2v) is 5.54. The highest BCUT2D eigenvalue weighted by molar-refractivity contribution is 5.74. The first-order valence-electron chi connectivity index (χ1n) is 6.63. The Morgan fingerprint density at radius 2 is 1.95 bits per heavy atom. The van der Waals surface area contributed by atoms with Gasteiger partial charge in [-0.25, -0.2) is 0 Å². The van der Waals surface area contributed by atoms with Crippen molar-refractivity contribution in [2.75, 3.05) is 13.2 Å². The van der Waals surface area contributed by atoms with E-state index >= 15 is 0 Å². The molecule has 6 heteroatoms. The van der Waals surface area contributed by atoms with E-state index in [4.69, 9.17) is 0 Å². The van der Waals surface area contributed by atoms with Crippen LogP contribution in [0.25, 0.3) is 0 Å². The Bertz CT molecular complexity index is 294. The van der Waals surface area contributed by atoms with Gasteiger partial charge >= 0.3 is 12.1 Å². The lowest BCUT2D eigenvalue weighted by Crippen LogP contribution is -2.35. The van der Waals surface area contributed by atoms with Crippen molar-refractivity contribution in [2.24, 2.45) is 11.3 Å². The van der Waals surface area contributed by atoms with Crippen molar-refractivity contribution in [1.82, 2.24) is 0 Å². The van der Waals surface area contributed by atoms with Crippen LogP contribution >= 0.6 is 0 Å². The molecule has 3 nitrogen and oxygen atoms in total. The zero-order valence-electron chi connectivity index (χ0n) is 11.1. The Balaban J connectivity index is 2.33. The van der Waals surface area contributed by atoms with Crippen molar-refractivity contribution >= 4 is 5.97 Å². The van der Waals surface area contributed by atoms with Crippen LogP contribution in [0.2, 0.25) is 0 Å². The number of rotatable bonds is 6. The average Bonchev–Trinajstić information content (AvgIpc) is 2.29. The van der Waals surface area contributed by atoms with E-state index in [-0.39, 0.29) is 6.61 Å². The minimum absolute atomic E-state index is 0.0376. The fourth-order valence-electron chi connectivity index (χ4n) is 2.59. The van der Waals surface area contributed by atoms with E-state index in [1.54, 1.807) is 0 Å². The summed E-state index contributed by atoms with van der Waals surface area (Å²) in [5, 5.41) is 9.34. The smallest absolute Gasteiger partial charge is 0.411 e. The maximum atomic E-state index is 11.9. The highest BCUT2D eigenvalue weighted by Gasteiger charge is 2.40. The van der Waals surface area contributed by atoms with Crippen molar-refractivity contribution in [3.05, 3.63) is 0 Å².